The molecule has 0 saturated heterocycles. The maximum Gasteiger partial charge on any atom is 0.305 e. The van der Waals surface area contributed by atoms with E-state index in [0.717, 1.165) is 29.8 Å². The summed E-state index contributed by atoms with van der Waals surface area (Å²) in [5.41, 5.74) is 3.10. The predicted molar refractivity (Wildman–Crippen MR) is 166 cm³/mol. The smallest absolute Gasteiger partial charge is 0.305 e. The van der Waals surface area contributed by atoms with Gasteiger partial charge < -0.3 is 14.2 Å². The molecule has 1 heterocycles. The molecule has 0 unspecified atom stereocenters. The quantitative estimate of drug-likeness (QED) is 0.115. The van der Waals surface area contributed by atoms with Gasteiger partial charge in [0.15, 0.2) is 0 Å². The van der Waals surface area contributed by atoms with E-state index >= 15 is 0 Å². The first-order valence-corrected chi connectivity index (χ1v) is 15.5. The van der Waals surface area contributed by atoms with E-state index in [-0.39, 0.29) is 23.2 Å². The maximum absolute atomic E-state index is 13.5. The van der Waals surface area contributed by atoms with Gasteiger partial charge in [-0.05, 0) is 73.9 Å². The van der Waals surface area contributed by atoms with Crippen molar-refractivity contribution in [2.75, 3.05) is 25.5 Å². The molecule has 0 radical (unpaired) electrons. The van der Waals surface area contributed by atoms with E-state index in [0.29, 0.717) is 47.6 Å². The first-order chi connectivity index (χ1) is 21.3. The third kappa shape index (κ3) is 7.00. The van der Waals surface area contributed by atoms with Crippen LogP contribution in [0.15, 0.2) is 95.9 Å². The summed E-state index contributed by atoms with van der Waals surface area (Å²) < 4.78 is 60.9. The minimum absolute atomic E-state index is 0.0958. The van der Waals surface area contributed by atoms with Crippen molar-refractivity contribution < 1.29 is 31.8 Å². The fourth-order valence-corrected chi connectivity index (χ4v) is 5.79. The van der Waals surface area contributed by atoms with Gasteiger partial charge in [0.05, 0.1) is 42.4 Å². The van der Waals surface area contributed by atoms with Gasteiger partial charge in [0.25, 0.3) is 10.0 Å². The van der Waals surface area contributed by atoms with Crippen molar-refractivity contribution in [1.29, 1.82) is 0 Å². The summed E-state index contributed by atoms with van der Waals surface area (Å²) in [5.74, 6) is 0.839. The van der Waals surface area contributed by atoms with E-state index < -0.39 is 15.8 Å². The molecule has 1 N–H and O–H groups in total. The minimum Gasteiger partial charge on any atom is -0.497 e. The molecule has 0 bridgehead atoms. The van der Waals surface area contributed by atoms with Gasteiger partial charge in [0, 0.05) is 23.7 Å². The van der Waals surface area contributed by atoms with Crippen molar-refractivity contribution >= 4 is 32.7 Å². The van der Waals surface area contributed by atoms with Crippen LogP contribution < -0.4 is 14.2 Å². The number of hydrogen-bond acceptors (Lipinski definition) is 7. The fourth-order valence-electron chi connectivity index (χ4n) is 4.73. The molecule has 0 fully saturated rings. The van der Waals surface area contributed by atoms with Gasteiger partial charge in [-0.3, -0.25) is 14.1 Å². The van der Waals surface area contributed by atoms with Crippen LogP contribution in [0.5, 0.6) is 11.5 Å². The fraction of sp³-hybridized carbons (Fsp3) is 0.212. The SMILES string of the molecule is COC(=O)CCCCCOc1cc2c(cc1NS(=O)(=O)c1ccc(F)cc1)nc(-c1ccccc1)n2-c1ccc(OC)cc1. The summed E-state index contributed by atoms with van der Waals surface area (Å²) >= 11 is 0. The lowest BCUT2D eigenvalue weighted by molar-refractivity contribution is -0.140. The van der Waals surface area contributed by atoms with Crippen molar-refractivity contribution in [3.8, 4) is 28.6 Å². The average Bonchev–Trinajstić information content (AvgIpc) is 3.41. The molecule has 11 heteroatoms. The Morgan fingerprint density at radius 3 is 2.32 bits per heavy atom. The van der Waals surface area contributed by atoms with E-state index in [1.54, 1.807) is 19.2 Å². The highest BCUT2D eigenvalue weighted by molar-refractivity contribution is 7.92. The molecular formula is C33H32FN3O6S. The molecule has 0 aliphatic rings. The number of nitrogens with zero attached hydrogens (tertiary/aromatic N) is 2. The van der Waals surface area contributed by atoms with Gasteiger partial charge in [-0.1, -0.05) is 30.3 Å². The minimum atomic E-state index is -4.08. The number of fused-ring (bicyclic) bond motifs is 1. The molecule has 0 amide bonds. The van der Waals surface area contributed by atoms with Gasteiger partial charge in [-0.25, -0.2) is 17.8 Å². The summed E-state index contributed by atoms with van der Waals surface area (Å²) in [5, 5.41) is 0. The number of esters is 1. The number of aromatic nitrogens is 2. The lowest BCUT2D eigenvalue weighted by Gasteiger charge is -2.15. The van der Waals surface area contributed by atoms with Crippen LogP contribution in [0.1, 0.15) is 25.7 Å². The average molecular weight is 618 g/mol. The zero-order valence-corrected chi connectivity index (χ0v) is 25.1. The van der Waals surface area contributed by atoms with Crippen LogP contribution in [-0.2, 0) is 19.6 Å². The Morgan fingerprint density at radius 2 is 1.64 bits per heavy atom. The molecule has 44 heavy (non-hydrogen) atoms. The molecule has 0 aliphatic heterocycles. The first kappa shape index (κ1) is 30.6. The van der Waals surface area contributed by atoms with Crippen LogP contribution in [0.4, 0.5) is 10.1 Å². The van der Waals surface area contributed by atoms with Gasteiger partial charge >= 0.3 is 5.97 Å². The Morgan fingerprint density at radius 1 is 0.909 bits per heavy atom. The topological polar surface area (TPSA) is 109 Å². The van der Waals surface area contributed by atoms with Crippen LogP contribution in [0.2, 0.25) is 0 Å². The Bertz CT molecular complexity index is 1840. The number of nitrogens with one attached hydrogen (secondary N) is 1. The van der Waals surface area contributed by atoms with Gasteiger partial charge in [-0.2, -0.15) is 0 Å². The third-order valence-corrected chi connectivity index (χ3v) is 8.38. The van der Waals surface area contributed by atoms with Crippen LogP contribution >= 0.6 is 0 Å². The van der Waals surface area contributed by atoms with Crippen LogP contribution in [0, 0.1) is 5.82 Å². The first-order valence-electron chi connectivity index (χ1n) is 14.0. The van der Waals surface area contributed by atoms with E-state index in [2.05, 4.69) is 4.72 Å². The Kier molecular flexibility index (Phi) is 9.44. The second kappa shape index (κ2) is 13.6. The summed E-state index contributed by atoms with van der Waals surface area (Å²) in [6, 6.07) is 25.2. The van der Waals surface area contributed by atoms with E-state index in [1.807, 2.05) is 59.2 Å². The number of benzene rings is 4. The molecule has 228 valence electrons. The van der Waals surface area contributed by atoms with Gasteiger partial charge in [0.1, 0.15) is 23.1 Å². The standard InChI is InChI=1S/C33H32FN3O6S/c1-41-26-16-14-25(15-17-26)37-30-22-31(43-20-8-4-7-11-32(38)42-2)29(36-44(39,40)27-18-12-24(34)13-19-27)21-28(30)35-33(37)23-9-5-3-6-10-23/h3,5-6,9-10,12-19,21-22,36H,4,7-8,11,20H2,1-2H3. The molecule has 1 aromatic heterocycles. The van der Waals surface area contributed by atoms with Gasteiger partial charge in [-0.15, -0.1) is 0 Å². The second-order valence-electron chi connectivity index (χ2n) is 9.97. The Balaban J connectivity index is 1.57. The third-order valence-electron chi connectivity index (χ3n) is 7.00. The normalized spacial score (nSPS) is 11.3. The van der Waals surface area contributed by atoms with Crippen molar-refractivity contribution in [2.45, 2.75) is 30.6 Å². The summed E-state index contributed by atoms with van der Waals surface area (Å²) in [6.45, 7) is 0.278. The van der Waals surface area contributed by atoms with Crippen molar-refractivity contribution in [2.24, 2.45) is 0 Å². The number of sulfonamides is 1. The number of anilines is 1. The highest BCUT2D eigenvalue weighted by Gasteiger charge is 2.22. The zero-order valence-electron chi connectivity index (χ0n) is 24.3. The Hall–Kier alpha value is -4.90. The maximum atomic E-state index is 13.5. The number of ether oxygens (including phenoxy) is 3. The number of carbonyl (C=O) groups excluding carboxylic acids is 1. The van der Waals surface area contributed by atoms with Crippen LogP contribution in [0.25, 0.3) is 28.1 Å². The summed E-state index contributed by atoms with van der Waals surface area (Å²) in [7, 11) is -1.13. The number of rotatable bonds is 13. The molecular weight excluding hydrogens is 585 g/mol. The molecule has 5 aromatic rings. The monoisotopic (exact) mass is 617 g/mol. The van der Waals surface area contributed by atoms with Crippen molar-refractivity contribution in [1.82, 2.24) is 9.55 Å². The zero-order chi connectivity index (χ0) is 31.1. The summed E-state index contributed by atoms with van der Waals surface area (Å²) in [6.07, 6.45) is 2.31. The van der Waals surface area contributed by atoms with Gasteiger partial charge in [0.2, 0.25) is 0 Å². The van der Waals surface area contributed by atoms with Crippen LogP contribution in [0.3, 0.4) is 0 Å². The molecule has 0 atom stereocenters. The second-order valence-corrected chi connectivity index (χ2v) is 11.6. The predicted octanol–water partition coefficient (Wildman–Crippen LogP) is 6.75. The van der Waals surface area contributed by atoms with E-state index in [1.165, 1.54) is 19.2 Å². The number of halogens is 1. The highest BCUT2D eigenvalue weighted by Crippen LogP contribution is 2.37. The molecule has 5 rings (SSSR count). The Labute approximate surface area is 255 Å². The number of imidazole rings is 1. The van der Waals surface area contributed by atoms with Crippen LogP contribution in [-0.4, -0.2) is 44.8 Å². The number of methoxy groups -OCH3 is 2. The summed E-state index contributed by atoms with van der Waals surface area (Å²) in [4.78, 5) is 16.3. The molecule has 0 aliphatic carbocycles. The lowest BCUT2D eigenvalue weighted by Crippen LogP contribution is -2.14. The highest BCUT2D eigenvalue weighted by atomic mass is 32.2. The number of hydrogen-bond donors (Lipinski definition) is 1. The molecule has 4 aromatic carbocycles. The van der Waals surface area contributed by atoms with E-state index in [9.17, 15) is 17.6 Å². The van der Waals surface area contributed by atoms with Crippen molar-refractivity contribution in [3.05, 3.63) is 96.8 Å². The lowest BCUT2D eigenvalue weighted by atomic mass is 10.2. The van der Waals surface area contributed by atoms with E-state index in [4.69, 9.17) is 19.2 Å². The largest absolute Gasteiger partial charge is 0.497 e. The number of carbonyl (C=O) groups is 1. The molecule has 9 nitrogen and oxygen atoms in total. The molecule has 0 saturated carbocycles. The molecule has 0 spiro atoms. The number of unbranched alkanes of at least 4 members (excludes halogenated alkanes) is 2. The van der Waals surface area contributed by atoms with Crippen molar-refractivity contribution in [3.63, 3.8) is 0 Å².